The van der Waals surface area contributed by atoms with E-state index in [0.717, 1.165) is 6.26 Å². The van der Waals surface area contributed by atoms with Crippen LogP contribution in [-0.4, -0.2) is 39.0 Å². The molecule has 5 nitrogen and oxygen atoms in total. The van der Waals surface area contributed by atoms with Gasteiger partial charge in [-0.25, -0.2) is 12.8 Å². The Morgan fingerprint density at radius 2 is 2.14 bits per heavy atom. The summed E-state index contributed by atoms with van der Waals surface area (Å²) in [6.07, 6.45) is 1.06. The number of ether oxygens (including phenoxy) is 1. The second kappa shape index (κ2) is 5.38. The fraction of sp³-hybridized carbons (Fsp3) is 0.500. The zero-order valence-corrected chi connectivity index (χ0v) is 12.7. The maximum Gasteiger partial charge on any atom is 0.315 e. The number of hydrogen-bond acceptors (Lipinski definition) is 5. The molecular weight excluding hydrogens is 297 g/mol. The minimum absolute atomic E-state index is 0.132. The molecule has 1 aromatic carbocycles. The first kappa shape index (κ1) is 15.9. The van der Waals surface area contributed by atoms with E-state index in [0.29, 0.717) is 5.56 Å². The van der Waals surface area contributed by atoms with Gasteiger partial charge in [0, 0.05) is 18.7 Å². The SMILES string of the molecule is CCOC(=O)[C@@]1(CN)[C@H](S(C)(=O)=O)[C@@H]1c1cccc(F)c1. The van der Waals surface area contributed by atoms with Gasteiger partial charge in [-0.05, 0) is 24.6 Å². The molecule has 2 N–H and O–H groups in total. The van der Waals surface area contributed by atoms with Gasteiger partial charge in [0.05, 0.1) is 11.9 Å². The van der Waals surface area contributed by atoms with Crippen LogP contribution in [0, 0.1) is 11.2 Å². The van der Waals surface area contributed by atoms with E-state index in [4.69, 9.17) is 10.5 Å². The van der Waals surface area contributed by atoms with Gasteiger partial charge in [0.25, 0.3) is 0 Å². The Labute approximate surface area is 123 Å². The van der Waals surface area contributed by atoms with Crippen molar-refractivity contribution >= 4 is 15.8 Å². The Hall–Kier alpha value is -1.47. The van der Waals surface area contributed by atoms with E-state index in [1.165, 1.54) is 18.2 Å². The summed E-state index contributed by atoms with van der Waals surface area (Å²) < 4.78 is 42.4. The molecule has 0 saturated heterocycles. The second-order valence-corrected chi connectivity index (χ2v) is 7.41. The lowest BCUT2D eigenvalue weighted by Crippen LogP contribution is -2.33. The van der Waals surface area contributed by atoms with Crippen molar-refractivity contribution in [2.75, 3.05) is 19.4 Å². The lowest BCUT2D eigenvalue weighted by Gasteiger charge is -2.14. The standard InChI is InChI=1S/C14H18FNO4S/c1-3-20-13(17)14(8-16)11(12(14)21(2,18)19)9-5-4-6-10(15)7-9/h4-7,11-12H,3,8,16H2,1-2H3/t11-,12+,14+/m0/s1. The molecule has 1 aliphatic carbocycles. The fourth-order valence-corrected chi connectivity index (χ4v) is 4.96. The monoisotopic (exact) mass is 315 g/mol. The summed E-state index contributed by atoms with van der Waals surface area (Å²) in [7, 11) is -3.53. The average Bonchev–Trinajstić information content (AvgIpc) is 3.09. The summed E-state index contributed by atoms with van der Waals surface area (Å²) >= 11 is 0. The van der Waals surface area contributed by atoms with Crippen molar-refractivity contribution in [3.05, 3.63) is 35.6 Å². The summed E-state index contributed by atoms with van der Waals surface area (Å²) in [6.45, 7) is 1.61. The second-order valence-electron chi connectivity index (χ2n) is 5.25. The highest BCUT2D eigenvalue weighted by Gasteiger charge is 2.74. The summed E-state index contributed by atoms with van der Waals surface area (Å²) in [4.78, 5) is 12.2. The van der Waals surface area contributed by atoms with Gasteiger partial charge in [-0.3, -0.25) is 4.79 Å². The first-order valence-corrected chi connectivity index (χ1v) is 8.56. The van der Waals surface area contributed by atoms with Crippen LogP contribution in [0.4, 0.5) is 4.39 Å². The predicted octanol–water partition coefficient (Wildman–Crippen LogP) is 0.844. The zero-order valence-electron chi connectivity index (χ0n) is 11.9. The number of hydrogen-bond donors (Lipinski definition) is 1. The molecular formula is C14H18FNO4S. The third-order valence-electron chi connectivity index (χ3n) is 3.92. The summed E-state index contributed by atoms with van der Waals surface area (Å²) in [5, 5.41) is -0.976. The molecule has 2 rings (SSSR count). The molecule has 0 spiro atoms. The number of rotatable bonds is 5. The minimum Gasteiger partial charge on any atom is -0.465 e. The number of halogens is 1. The normalized spacial score (nSPS) is 28.2. The van der Waals surface area contributed by atoms with Gasteiger partial charge < -0.3 is 10.5 Å². The topological polar surface area (TPSA) is 86.5 Å². The van der Waals surface area contributed by atoms with E-state index in [1.54, 1.807) is 13.0 Å². The molecule has 0 heterocycles. The van der Waals surface area contributed by atoms with Crippen LogP contribution in [0.15, 0.2) is 24.3 Å². The number of carbonyl (C=O) groups excluding carboxylic acids is 1. The molecule has 21 heavy (non-hydrogen) atoms. The maximum atomic E-state index is 13.4. The molecule has 116 valence electrons. The van der Waals surface area contributed by atoms with Gasteiger partial charge in [0.2, 0.25) is 0 Å². The molecule has 0 aliphatic heterocycles. The fourth-order valence-electron chi connectivity index (χ4n) is 3.04. The molecule has 0 bridgehead atoms. The molecule has 0 aromatic heterocycles. The first-order chi connectivity index (χ1) is 9.79. The highest BCUT2D eigenvalue weighted by Crippen LogP contribution is 2.62. The third kappa shape index (κ3) is 2.55. The smallest absolute Gasteiger partial charge is 0.315 e. The third-order valence-corrected chi connectivity index (χ3v) is 5.53. The van der Waals surface area contributed by atoms with E-state index in [-0.39, 0.29) is 13.2 Å². The molecule has 7 heteroatoms. The van der Waals surface area contributed by atoms with E-state index >= 15 is 0 Å². The van der Waals surface area contributed by atoms with Crippen LogP contribution in [0.1, 0.15) is 18.4 Å². The molecule has 1 fully saturated rings. The average molecular weight is 315 g/mol. The van der Waals surface area contributed by atoms with Gasteiger partial charge in [0.15, 0.2) is 9.84 Å². The molecule has 1 aliphatic rings. The Bertz CT molecular complexity index is 661. The van der Waals surface area contributed by atoms with Gasteiger partial charge in [-0.2, -0.15) is 0 Å². The van der Waals surface area contributed by atoms with E-state index in [2.05, 4.69) is 0 Å². The molecule has 0 unspecified atom stereocenters. The number of nitrogens with two attached hydrogens (primary N) is 1. The van der Waals surface area contributed by atoms with Gasteiger partial charge in [0.1, 0.15) is 11.2 Å². The number of sulfone groups is 1. The van der Waals surface area contributed by atoms with Crippen molar-refractivity contribution in [3.8, 4) is 0 Å². The lowest BCUT2D eigenvalue weighted by atomic mass is 9.99. The van der Waals surface area contributed by atoms with Crippen LogP contribution in [0.5, 0.6) is 0 Å². The summed E-state index contributed by atoms with van der Waals surface area (Å²) in [5.41, 5.74) is 4.82. The van der Waals surface area contributed by atoms with Crippen LogP contribution in [0.2, 0.25) is 0 Å². The zero-order chi connectivity index (χ0) is 15.8. The van der Waals surface area contributed by atoms with E-state index < -0.39 is 38.2 Å². The first-order valence-electron chi connectivity index (χ1n) is 6.60. The molecule has 1 saturated carbocycles. The van der Waals surface area contributed by atoms with Crippen molar-refractivity contribution in [2.24, 2.45) is 11.1 Å². The molecule has 0 amide bonds. The molecule has 3 atom stereocenters. The van der Waals surface area contributed by atoms with Gasteiger partial charge in [-0.1, -0.05) is 12.1 Å². The summed E-state index contributed by atoms with van der Waals surface area (Å²) in [6, 6.07) is 5.58. The van der Waals surface area contributed by atoms with Crippen molar-refractivity contribution in [1.29, 1.82) is 0 Å². The van der Waals surface area contributed by atoms with Gasteiger partial charge in [-0.15, -0.1) is 0 Å². The van der Waals surface area contributed by atoms with Gasteiger partial charge >= 0.3 is 5.97 Å². The largest absolute Gasteiger partial charge is 0.465 e. The van der Waals surface area contributed by atoms with Crippen LogP contribution in [0.25, 0.3) is 0 Å². The molecule has 1 aromatic rings. The lowest BCUT2D eigenvalue weighted by molar-refractivity contribution is -0.149. The maximum absolute atomic E-state index is 13.4. The van der Waals surface area contributed by atoms with Crippen LogP contribution in [-0.2, 0) is 19.4 Å². The summed E-state index contributed by atoms with van der Waals surface area (Å²) in [5.74, 6) is -1.80. The number of esters is 1. The van der Waals surface area contributed by atoms with E-state index in [9.17, 15) is 17.6 Å². The quantitative estimate of drug-likeness (QED) is 0.814. The highest BCUT2D eigenvalue weighted by atomic mass is 32.2. The highest BCUT2D eigenvalue weighted by molar-refractivity contribution is 7.91. The van der Waals surface area contributed by atoms with Crippen LogP contribution in [0.3, 0.4) is 0 Å². The Morgan fingerprint density at radius 3 is 2.62 bits per heavy atom. The van der Waals surface area contributed by atoms with Crippen LogP contribution < -0.4 is 5.73 Å². The molecule has 0 radical (unpaired) electrons. The number of benzene rings is 1. The van der Waals surface area contributed by atoms with E-state index in [1.807, 2.05) is 0 Å². The number of carbonyl (C=O) groups is 1. The van der Waals surface area contributed by atoms with Crippen molar-refractivity contribution in [1.82, 2.24) is 0 Å². The Balaban J connectivity index is 2.50. The Kier molecular flexibility index (Phi) is 4.08. The Morgan fingerprint density at radius 1 is 1.48 bits per heavy atom. The van der Waals surface area contributed by atoms with Crippen molar-refractivity contribution in [2.45, 2.75) is 18.1 Å². The minimum atomic E-state index is -3.53. The van der Waals surface area contributed by atoms with Crippen molar-refractivity contribution in [3.63, 3.8) is 0 Å². The van der Waals surface area contributed by atoms with Crippen molar-refractivity contribution < 1.29 is 22.3 Å². The van der Waals surface area contributed by atoms with Crippen LogP contribution >= 0.6 is 0 Å². The predicted molar refractivity (Wildman–Crippen MR) is 75.9 cm³/mol.